The molecule has 26 atom stereocenters. The molecule has 10 nitrogen and oxygen atoms in total. The molecule has 107 heavy (non-hydrogen) atoms. The molecule has 0 aromatic rings. The maximum absolute atomic E-state index is 13.8. The molecule has 0 amide bonds. The van der Waals surface area contributed by atoms with Crippen molar-refractivity contribution in [1.82, 2.24) is 0 Å². The third-order valence-corrected chi connectivity index (χ3v) is 40.9. The Morgan fingerprint density at radius 1 is 0.336 bits per heavy atom. The van der Waals surface area contributed by atoms with E-state index >= 15 is 0 Å². The number of carbonyl (C=O) groups is 6. The van der Waals surface area contributed by atoms with Crippen molar-refractivity contribution in [2.24, 2.45) is 166 Å². The molecule has 0 bridgehead atoms. The molecule has 2 aliphatic heterocycles. The lowest BCUT2D eigenvalue weighted by Crippen LogP contribution is -2.52. The molecule has 18 unspecified atom stereocenters. The third-order valence-electron chi connectivity index (χ3n) is 40.9. The normalized spacial score (nSPS) is 54.2. The molecule has 10 heteroatoms. The summed E-state index contributed by atoms with van der Waals surface area (Å²) in [6.45, 7) is 22.2. The Kier molecular flexibility index (Phi) is 16.2. The topological polar surface area (TPSA) is 139 Å². The van der Waals surface area contributed by atoms with Gasteiger partial charge in [0.1, 0.15) is 23.1 Å². The van der Waals surface area contributed by atoms with Crippen LogP contribution in [0.4, 0.5) is 0 Å². The summed E-state index contributed by atoms with van der Waals surface area (Å²) in [4.78, 5) is 77.6. The summed E-state index contributed by atoms with van der Waals surface area (Å²) in [7, 11) is 0. The number of Topliss-reactive ketones (excluding diaryl/α,β-unsaturated/α-hetero) is 4. The van der Waals surface area contributed by atoms with E-state index in [2.05, 4.69) is 92.5 Å². The molecule has 22 aliphatic carbocycles. The van der Waals surface area contributed by atoms with Gasteiger partial charge in [0.05, 0.1) is 26.4 Å². The average molecular weight is 1460 g/mol. The molecule has 24 aliphatic rings. The number of hydrogen-bond donors (Lipinski definition) is 0. The van der Waals surface area contributed by atoms with Crippen LogP contribution in [0.3, 0.4) is 0 Å². The van der Waals surface area contributed by atoms with Crippen LogP contribution in [0.15, 0.2) is 58.7 Å². The monoisotopic (exact) mass is 1450 g/mol. The standard InChI is InChI=1S/C26H36O3.C24H32O2.C24H30O2.C21H30O3.C2H2/c1-23-10-11-25(28-12-13-29-25)14-16(23)6-7-17-18(23)8-9-24(2)21(17)15-26(22(24)27)19-4-3-5-20(19)26;2*1-22-10-8-15(25)12-14(22)6-7-16-17(22)9-11-23(2)20(16)13-24(21(23)26)18-4-3-5-19(18)24;1-19-9-10-21(23-11-12-24-21)13-14(19)3-4-15-16-5-6-18(22)20(16,2)8-7-17(15)19;1-2/h6,17-21H,3-5,7-15H2,1-2H3;12,16-20H,3-11,13H2,1-2H3;6-7,12,16-20H,3-5,8-11,13H2,1-2H3;3,15-17H,4-13H2,1-2H3;1-2H/t17?,18?,19?,20?,21?,23-,24-,26?;2*16?,17?,18?,19?,20?,22-,23-,24?;15?,16?,17?,19-,20-;/m0000./s1. The highest BCUT2D eigenvalue weighted by Crippen LogP contribution is 2.83. The van der Waals surface area contributed by atoms with Gasteiger partial charge in [0, 0.05) is 82.9 Å². The van der Waals surface area contributed by atoms with Gasteiger partial charge < -0.3 is 18.9 Å². The van der Waals surface area contributed by atoms with Gasteiger partial charge in [-0.15, -0.1) is 12.8 Å². The number of fused-ring (bicyclic) bond motifs is 29. The van der Waals surface area contributed by atoms with Crippen molar-refractivity contribution in [3.05, 3.63) is 58.7 Å². The summed E-state index contributed by atoms with van der Waals surface area (Å²) in [5.41, 5.74) is 7.04. The number of ketones is 6. The van der Waals surface area contributed by atoms with Gasteiger partial charge in [0.15, 0.2) is 23.1 Å². The van der Waals surface area contributed by atoms with E-state index in [4.69, 9.17) is 18.9 Å². The van der Waals surface area contributed by atoms with Crippen molar-refractivity contribution in [2.45, 2.75) is 298 Å². The van der Waals surface area contributed by atoms with Crippen molar-refractivity contribution >= 4 is 34.7 Å². The molecule has 5 spiro atoms. The highest BCUT2D eigenvalue weighted by molar-refractivity contribution is 5.98. The van der Waals surface area contributed by atoms with E-state index in [-0.39, 0.29) is 60.3 Å². The SMILES string of the molecule is C#C.C[C@]12CCC(=O)C=C1C=CC1C2CC[C@]2(C)C(=O)C3(CC12)C1CCCC13.C[C@]12CCC(=O)C=C1CCC1C2CC[C@]2(C)C(=O)C3(CC12)C1CCCC13.C[C@]12CCC3(CC1=CCC1C2CC[C@]2(C)C(=O)C4(CC12)C1CCCC14)OCCO3.C[C@]12CCC3(CC1=CCC1C2CC[C@]2(C)C(=O)CCC12)OCCO3. The first-order chi connectivity index (χ1) is 51.2. The largest absolute Gasteiger partial charge is 0.347 e. The molecule has 0 N–H and O–H groups in total. The molecule has 0 aromatic carbocycles. The van der Waals surface area contributed by atoms with Crippen LogP contribution < -0.4 is 0 Å². The number of carbonyl (C=O) groups excluding carboxylic acids is 6. The van der Waals surface area contributed by atoms with Gasteiger partial charge in [-0.1, -0.05) is 116 Å². The van der Waals surface area contributed by atoms with Crippen molar-refractivity contribution in [3.8, 4) is 12.8 Å². The second-order valence-corrected chi connectivity index (χ2v) is 43.6. The summed E-state index contributed by atoms with van der Waals surface area (Å²) in [6, 6.07) is 0. The molecule has 24 rings (SSSR count). The predicted octanol–water partition coefficient (Wildman–Crippen LogP) is 19.8. The zero-order valence-corrected chi connectivity index (χ0v) is 66.9. The third kappa shape index (κ3) is 9.51. The van der Waals surface area contributed by atoms with Crippen LogP contribution in [-0.4, -0.2) is 72.7 Å². The van der Waals surface area contributed by atoms with Crippen LogP contribution in [-0.2, 0) is 47.7 Å². The molecule has 17 saturated carbocycles. The van der Waals surface area contributed by atoms with Gasteiger partial charge >= 0.3 is 0 Å². The highest BCUT2D eigenvalue weighted by Gasteiger charge is 2.82. The summed E-state index contributed by atoms with van der Waals surface area (Å²) < 4.78 is 24.2. The second kappa shape index (κ2) is 24.1. The number of hydrogen-bond acceptors (Lipinski definition) is 10. The zero-order valence-electron chi connectivity index (χ0n) is 66.9. The van der Waals surface area contributed by atoms with Crippen LogP contribution in [0.5, 0.6) is 0 Å². The van der Waals surface area contributed by atoms with Crippen LogP contribution >= 0.6 is 0 Å². The number of terminal acetylenes is 1. The van der Waals surface area contributed by atoms with Crippen LogP contribution in [0.1, 0.15) is 287 Å². The Bertz CT molecular complexity index is 3960. The Balaban J connectivity index is 0.0000000937. The van der Waals surface area contributed by atoms with Gasteiger partial charge in [0.25, 0.3) is 0 Å². The summed E-state index contributed by atoms with van der Waals surface area (Å²) in [6.07, 6.45) is 63.0. The van der Waals surface area contributed by atoms with Crippen LogP contribution in [0, 0.1) is 179 Å². The number of ether oxygens (including phenoxy) is 4. The zero-order chi connectivity index (χ0) is 74.0. The predicted molar refractivity (Wildman–Crippen MR) is 412 cm³/mol. The van der Waals surface area contributed by atoms with Crippen molar-refractivity contribution in [2.75, 3.05) is 26.4 Å². The van der Waals surface area contributed by atoms with Crippen LogP contribution in [0.25, 0.3) is 0 Å². The molecule has 0 radical (unpaired) electrons. The quantitative estimate of drug-likeness (QED) is 0.170. The van der Waals surface area contributed by atoms with Crippen LogP contribution in [0.2, 0.25) is 0 Å². The second-order valence-electron chi connectivity index (χ2n) is 43.6. The number of rotatable bonds is 0. The van der Waals surface area contributed by atoms with Crippen molar-refractivity contribution in [1.29, 1.82) is 0 Å². The molecule has 2 heterocycles. The minimum atomic E-state index is -0.319. The highest BCUT2D eigenvalue weighted by atomic mass is 16.7. The molecular formula is C97H130O10. The maximum atomic E-state index is 13.8. The minimum Gasteiger partial charge on any atom is -0.347 e. The fourth-order valence-corrected chi connectivity index (χ4v) is 35.1. The summed E-state index contributed by atoms with van der Waals surface area (Å²) >= 11 is 0. The van der Waals surface area contributed by atoms with E-state index in [1.807, 2.05) is 12.2 Å². The van der Waals surface area contributed by atoms with E-state index < -0.39 is 0 Å². The lowest BCUT2D eigenvalue weighted by Gasteiger charge is -2.57. The Labute approximate surface area is 641 Å². The van der Waals surface area contributed by atoms with Gasteiger partial charge in [-0.3, -0.25) is 28.8 Å². The molecule has 0 aromatic heterocycles. The van der Waals surface area contributed by atoms with Crippen molar-refractivity contribution in [3.63, 3.8) is 0 Å². The van der Waals surface area contributed by atoms with E-state index in [9.17, 15) is 28.8 Å². The molecule has 2 saturated heterocycles. The average Bonchev–Trinajstić information content (AvgIpc) is 1.50. The molecular weight excluding hydrogens is 1330 g/mol. The Hall–Kier alpha value is -3.88. The first kappa shape index (κ1) is 72.1. The van der Waals surface area contributed by atoms with Gasteiger partial charge in [0.2, 0.25) is 0 Å². The first-order valence-corrected chi connectivity index (χ1v) is 44.9. The lowest BCUT2D eigenvalue weighted by atomic mass is 9.47. The summed E-state index contributed by atoms with van der Waals surface area (Å²) in [5.74, 6) is 15.0. The fraction of sp³-hybridized carbons (Fsp3) is 0.814. The van der Waals surface area contributed by atoms with E-state index in [1.165, 1.54) is 133 Å². The van der Waals surface area contributed by atoms with Crippen molar-refractivity contribution < 1.29 is 47.7 Å². The minimum absolute atomic E-state index is 0.0174. The summed E-state index contributed by atoms with van der Waals surface area (Å²) in [5, 5.41) is 0. The maximum Gasteiger partial charge on any atom is 0.172 e. The van der Waals surface area contributed by atoms with Gasteiger partial charge in [-0.2, -0.15) is 0 Å². The fourth-order valence-electron chi connectivity index (χ4n) is 35.1. The van der Waals surface area contributed by atoms with Gasteiger partial charge in [-0.05, 0) is 313 Å². The number of allylic oxidation sites excluding steroid dienone is 7. The van der Waals surface area contributed by atoms with E-state index in [0.29, 0.717) is 111 Å². The molecule has 578 valence electrons. The smallest absolute Gasteiger partial charge is 0.172 e. The Morgan fingerprint density at radius 2 is 0.729 bits per heavy atom. The Morgan fingerprint density at radius 3 is 1.22 bits per heavy atom. The molecule has 19 fully saturated rings. The first-order valence-electron chi connectivity index (χ1n) is 44.9. The van der Waals surface area contributed by atoms with Gasteiger partial charge in [-0.25, -0.2) is 0 Å². The van der Waals surface area contributed by atoms with E-state index in [1.54, 1.807) is 11.1 Å². The van der Waals surface area contributed by atoms with E-state index in [0.717, 1.165) is 177 Å². The lowest BCUT2D eigenvalue weighted by molar-refractivity contribution is -0.185.